The van der Waals surface area contributed by atoms with Gasteiger partial charge in [-0.3, -0.25) is 4.79 Å². The molecule has 4 fully saturated rings. The minimum atomic E-state index is -0.145. The Morgan fingerprint density at radius 3 is 2.46 bits per heavy atom. The van der Waals surface area contributed by atoms with Gasteiger partial charge in [0.25, 0.3) is 0 Å². The number of fused-ring (bicyclic) bond motifs is 5. The Morgan fingerprint density at radius 2 is 1.72 bits per heavy atom. The fraction of sp³-hybridized carbons (Fsp3) is 0.912. The van der Waals surface area contributed by atoms with Crippen molar-refractivity contribution in [3.63, 3.8) is 0 Å². The summed E-state index contributed by atoms with van der Waals surface area (Å²) >= 11 is 0. The van der Waals surface area contributed by atoms with E-state index in [0.717, 1.165) is 45.4 Å². The summed E-state index contributed by atoms with van der Waals surface area (Å²) in [5.74, 6) is 3.88. The highest BCUT2D eigenvalue weighted by molar-refractivity contribution is 5.94. The molecule has 0 aliphatic heterocycles. The number of nitrogens with one attached hydrogen (secondary N) is 2. The zero-order valence-electron chi connectivity index (χ0n) is 25.8. The van der Waals surface area contributed by atoms with Gasteiger partial charge in [0.1, 0.15) is 0 Å². The van der Waals surface area contributed by atoms with Gasteiger partial charge in [0.05, 0.1) is 6.10 Å². The summed E-state index contributed by atoms with van der Waals surface area (Å²) in [4.78, 5) is 12.2. The van der Waals surface area contributed by atoms with Crippen LogP contribution < -0.4 is 16.4 Å². The first kappa shape index (κ1) is 31.2. The third-order valence-electron chi connectivity index (χ3n) is 12.5. The van der Waals surface area contributed by atoms with Crippen LogP contribution in [0.2, 0.25) is 0 Å². The van der Waals surface area contributed by atoms with Crippen LogP contribution in [0.5, 0.6) is 0 Å². The van der Waals surface area contributed by atoms with Crippen LogP contribution in [0.25, 0.3) is 0 Å². The third-order valence-corrected chi connectivity index (χ3v) is 12.5. The monoisotopic (exact) mass is 543 g/mol. The van der Waals surface area contributed by atoms with E-state index in [1.54, 1.807) is 0 Å². The Morgan fingerprint density at radius 1 is 1.00 bits per heavy atom. The molecule has 4 aliphatic rings. The molecule has 0 radical (unpaired) electrons. The van der Waals surface area contributed by atoms with Crippen molar-refractivity contribution in [2.75, 3.05) is 26.2 Å². The van der Waals surface area contributed by atoms with Gasteiger partial charge in [-0.1, -0.05) is 27.4 Å². The summed E-state index contributed by atoms with van der Waals surface area (Å²) in [5.41, 5.74) is 6.97. The first-order valence-corrected chi connectivity index (χ1v) is 16.6. The average Bonchev–Trinajstić information content (AvgIpc) is 3.26. The van der Waals surface area contributed by atoms with Gasteiger partial charge in [-0.2, -0.15) is 0 Å². The number of carbonyl (C=O) groups is 1. The number of allylic oxidation sites excluding steroid dienone is 1. The van der Waals surface area contributed by atoms with Gasteiger partial charge in [0.2, 0.25) is 0 Å². The summed E-state index contributed by atoms with van der Waals surface area (Å²) < 4.78 is 0. The van der Waals surface area contributed by atoms with Crippen LogP contribution in [0, 0.1) is 46.3 Å². The van der Waals surface area contributed by atoms with Gasteiger partial charge >= 0.3 is 0 Å². The Kier molecular flexibility index (Phi) is 10.8. The quantitative estimate of drug-likeness (QED) is 0.163. The van der Waals surface area contributed by atoms with Gasteiger partial charge < -0.3 is 21.5 Å². The van der Waals surface area contributed by atoms with Crippen molar-refractivity contribution in [2.45, 2.75) is 123 Å². The normalized spacial score (nSPS) is 40.4. The summed E-state index contributed by atoms with van der Waals surface area (Å²) in [5, 5.41) is 19.1. The van der Waals surface area contributed by atoms with Gasteiger partial charge in [0.15, 0.2) is 5.78 Å². The fourth-order valence-electron chi connectivity index (χ4n) is 10.2. The van der Waals surface area contributed by atoms with Crippen LogP contribution in [0.15, 0.2) is 12.2 Å². The number of hydrogen-bond acceptors (Lipinski definition) is 5. The number of unbranched alkanes of at least 4 members (excludes halogenated alkanes) is 1. The molecular weight excluding hydrogens is 482 g/mol. The largest absolute Gasteiger partial charge is 0.393 e. The highest BCUT2D eigenvalue weighted by atomic mass is 16.3. The standard InChI is InChI=1S/C34H61N3O2/c1-23(2)30(38)12-9-24(3)27-10-11-28-32-29(14-16-34(27,28)5)33(4)15-13-26(21-25(33)22-31(32)39)37-20-8-19-36-18-7-6-17-35/h24-29,31-32,36-37,39H,1,6-22,35H2,2-5H3/t24?,25-,26+,27-,28?,29?,31?,32?,33+,34-/m1/s1. The van der Waals surface area contributed by atoms with E-state index in [1.165, 1.54) is 57.8 Å². The zero-order valence-corrected chi connectivity index (χ0v) is 25.8. The van der Waals surface area contributed by atoms with Crippen molar-refractivity contribution >= 4 is 5.78 Å². The predicted molar refractivity (Wildman–Crippen MR) is 162 cm³/mol. The Balaban J connectivity index is 1.31. The van der Waals surface area contributed by atoms with Crippen molar-refractivity contribution in [2.24, 2.45) is 52.1 Å². The molecule has 0 aromatic carbocycles. The van der Waals surface area contributed by atoms with Gasteiger partial charge in [-0.05, 0) is 162 Å². The maximum atomic E-state index is 12.2. The summed E-state index contributed by atoms with van der Waals surface area (Å²) in [6.45, 7) is 17.3. The molecule has 4 aliphatic carbocycles. The molecule has 0 saturated heterocycles. The minimum Gasteiger partial charge on any atom is -0.393 e. The second-order valence-corrected chi connectivity index (χ2v) is 14.8. The Bertz CT molecular complexity index is 831. The molecule has 0 bridgehead atoms. The average molecular weight is 544 g/mol. The second-order valence-electron chi connectivity index (χ2n) is 14.8. The lowest BCUT2D eigenvalue weighted by molar-refractivity contribution is -0.167. The lowest BCUT2D eigenvalue weighted by Gasteiger charge is -2.62. The maximum absolute atomic E-state index is 12.2. The van der Waals surface area contributed by atoms with E-state index in [0.29, 0.717) is 64.4 Å². The van der Waals surface area contributed by atoms with Crippen LogP contribution in [-0.4, -0.2) is 49.2 Å². The van der Waals surface area contributed by atoms with E-state index in [-0.39, 0.29) is 11.9 Å². The number of nitrogens with two attached hydrogens (primary N) is 1. The van der Waals surface area contributed by atoms with Crippen molar-refractivity contribution in [1.82, 2.24) is 10.6 Å². The summed E-state index contributed by atoms with van der Waals surface area (Å²) in [6.07, 6.45) is 14.9. The molecule has 5 unspecified atom stereocenters. The zero-order chi connectivity index (χ0) is 28.2. The minimum absolute atomic E-state index is 0.145. The number of hydrogen-bond donors (Lipinski definition) is 4. The van der Waals surface area contributed by atoms with E-state index in [4.69, 9.17) is 5.73 Å². The molecule has 4 saturated carbocycles. The number of aliphatic hydroxyl groups excluding tert-OH is 1. The number of carbonyl (C=O) groups excluding carboxylic acids is 1. The van der Waals surface area contributed by atoms with Crippen molar-refractivity contribution in [3.8, 4) is 0 Å². The molecule has 5 heteroatoms. The summed E-state index contributed by atoms with van der Waals surface area (Å²) in [7, 11) is 0. The SMILES string of the molecule is C=C(C)C(=O)CCC(C)[C@H]1CCC2C3C(O)C[C@H]4C[C@@H](NCCCNCCCCN)CC[C@]4(C)C3CC[C@@]21C. The third kappa shape index (κ3) is 6.68. The first-order valence-electron chi connectivity index (χ1n) is 16.6. The Labute approximate surface area is 239 Å². The highest BCUT2D eigenvalue weighted by Gasteiger charge is 2.62. The molecule has 0 amide bonds. The molecule has 0 aromatic rings. The molecule has 39 heavy (non-hydrogen) atoms. The maximum Gasteiger partial charge on any atom is 0.157 e. The van der Waals surface area contributed by atoms with Crippen LogP contribution in [0.4, 0.5) is 0 Å². The molecule has 5 nitrogen and oxygen atoms in total. The second kappa shape index (κ2) is 13.5. The molecule has 224 valence electrons. The van der Waals surface area contributed by atoms with E-state index in [1.807, 2.05) is 6.92 Å². The van der Waals surface area contributed by atoms with E-state index in [9.17, 15) is 9.90 Å². The van der Waals surface area contributed by atoms with Crippen LogP contribution in [0.3, 0.4) is 0 Å². The molecule has 4 rings (SSSR count). The lowest BCUT2D eigenvalue weighted by Crippen LogP contribution is -2.59. The van der Waals surface area contributed by atoms with Crippen molar-refractivity contribution in [3.05, 3.63) is 12.2 Å². The first-order chi connectivity index (χ1) is 18.6. The van der Waals surface area contributed by atoms with Gasteiger partial charge in [0, 0.05) is 12.5 Å². The van der Waals surface area contributed by atoms with E-state index in [2.05, 4.69) is 38.0 Å². The van der Waals surface area contributed by atoms with Crippen LogP contribution in [0.1, 0.15) is 111 Å². The van der Waals surface area contributed by atoms with Crippen LogP contribution in [-0.2, 0) is 4.79 Å². The number of aliphatic hydroxyl groups is 1. The molecule has 5 N–H and O–H groups in total. The van der Waals surface area contributed by atoms with Crippen molar-refractivity contribution in [1.29, 1.82) is 0 Å². The molecule has 0 spiro atoms. The highest BCUT2D eigenvalue weighted by Crippen LogP contribution is 2.68. The molecular formula is C34H61N3O2. The van der Waals surface area contributed by atoms with Gasteiger partial charge in [-0.15, -0.1) is 0 Å². The summed E-state index contributed by atoms with van der Waals surface area (Å²) in [6, 6.07) is 0.608. The van der Waals surface area contributed by atoms with Crippen molar-refractivity contribution < 1.29 is 9.90 Å². The molecule has 10 atom stereocenters. The topological polar surface area (TPSA) is 87.4 Å². The van der Waals surface area contributed by atoms with Crippen LogP contribution >= 0.6 is 0 Å². The molecule has 0 aromatic heterocycles. The van der Waals surface area contributed by atoms with Gasteiger partial charge in [-0.25, -0.2) is 0 Å². The number of ketones is 1. The van der Waals surface area contributed by atoms with E-state index < -0.39 is 0 Å². The fourth-order valence-corrected chi connectivity index (χ4v) is 10.2. The Hall–Kier alpha value is -0.750. The van der Waals surface area contributed by atoms with E-state index >= 15 is 0 Å². The smallest absolute Gasteiger partial charge is 0.157 e. The number of rotatable bonds is 14. The molecule has 0 heterocycles. The lowest BCUT2D eigenvalue weighted by atomic mass is 9.43. The number of Topliss-reactive ketones (excluding diaryl/α,β-unsaturated/α-hetero) is 1. The predicted octanol–water partition coefficient (Wildman–Crippen LogP) is 5.85.